The SMILES string of the molecule is Cc1csc2nc(N(C)c3cc(NC[C@H]4CCNC[C@@H]4O)nc4c(C(C)C)cnn34)cn12. The van der Waals surface area contributed by atoms with Crippen LogP contribution in [-0.2, 0) is 0 Å². The molecule has 1 fully saturated rings. The number of rotatable bonds is 6. The van der Waals surface area contributed by atoms with E-state index in [1.807, 2.05) is 23.8 Å². The summed E-state index contributed by atoms with van der Waals surface area (Å²) in [4.78, 5) is 12.7. The first-order valence-corrected chi connectivity index (χ1v) is 12.0. The number of anilines is 3. The average Bonchev–Trinajstić information content (AvgIpc) is 3.48. The zero-order valence-electron chi connectivity index (χ0n) is 18.9. The molecule has 5 rings (SSSR count). The van der Waals surface area contributed by atoms with Gasteiger partial charge in [-0.3, -0.25) is 4.40 Å². The van der Waals surface area contributed by atoms with E-state index in [2.05, 4.69) is 57.4 Å². The number of thiazole rings is 1. The Morgan fingerprint density at radius 1 is 1.38 bits per heavy atom. The molecule has 170 valence electrons. The highest BCUT2D eigenvalue weighted by Crippen LogP contribution is 2.30. The van der Waals surface area contributed by atoms with Crippen molar-refractivity contribution in [2.24, 2.45) is 5.92 Å². The van der Waals surface area contributed by atoms with Gasteiger partial charge in [-0.25, -0.2) is 9.97 Å². The van der Waals surface area contributed by atoms with Crippen LogP contribution < -0.4 is 15.5 Å². The number of aliphatic hydroxyl groups excluding tert-OH is 1. The van der Waals surface area contributed by atoms with Crippen molar-refractivity contribution in [3.05, 3.63) is 35.1 Å². The lowest BCUT2D eigenvalue weighted by Crippen LogP contribution is -2.43. The molecular weight excluding hydrogens is 424 g/mol. The molecule has 0 spiro atoms. The van der Waals surface area contributed by atoms with E-state index < -0.39 is 0 Å². The molecule has 1 saturated heterocycles. The third-order valence-electron chi connectivity index (χ3n) is 6.30. The number of β-amino-alcohol motifs (C(OH)–C–C–N with tert-alkyl or cyclic N) is 1. The molecule has 0 aliphatic carbocycles. The molecule has 0 saturated carbocycles. The number of nitrogens with zero attached hydrogens (tertiary/aromatic N) is 6. The number of aliphatic hydroxyl groups is 1. The normalized spacial score (nSPS) is 19.3. The molecule has 1 aliphatic heterocycles. The molecule has 3 N–H and O–H groups in total. The fourth-order valence-corrected chi connectivity index (χ4v) is 5.08. The maximum atomic E-state index is 10.3. The Kier molecular flexibility index (Phi) is 5.52. The first-order chi connectivity index (χ1) is 15.4. The minimum Gasteiger partial charge on any atom is -0.391 e. The van der Waals surface area contributed by atoms with Gasteiger partial charge < -0.3 is 20.6 Å². The zero-order chi connectivity index (χ0) is 22.4. The van der Waals surface area contributed by atoms with Gasteiger partial charge in [-0.1, -0.05) is 13.8 Å². The average molecular weight is 455 g/mol. The van der Waals surface area contributed by atoms with Crippen molar-refractivity contribution < 1.29 is 5.11 Å². The van der Waals surface area contributed by atoms with Gasteiger partial charge in [-0.2, -0.15) is 9.61 Å². The maximum Gasteiger partial charge on any atom is 0.195 e. The molecule has 0 bridgehead atoms. The van der Waals surface area contributed by atoms with E-state index in [4.69, 9.17) is 9.97 Å². The molecule has 32 heavy (non-hydrogen) atoms. The van der Waals surface area contributed by atoms with Crippen molar-refractivity contribution in [2.45, 2.75) is 39.2 Å². The summed E-state index contributed by atoms with van der Waals surface area (Å²) in [6.45, 7) is 8.64. The number of fused-ring (bicyclic) bond motifs is 2. The molecule has 0 amide bonds. The molecule has 4 aromatic heterocycles. The predicted molar refractivity (Wildman–Crippen MR) is 128 cm³/mol. The van der Waals surface area contributed by atoms with Crippen LogP contribution in [0.3, 0.4) is 0 Å². The van der Waals surface area contributed by atoms with Crippen molar-refractivity contribution in [1.82, 2.24) is 29.3 Å². The van der Waals surface area contributed by atoms with E-state index in [0.29, 0.717) is 19.0 Å². The summed E-state index contributed by atoms with van der Waals surface area (Å²) in [5.74, 6) is 3.03. The summed E-state index contributed by atoms with van der Waals surface area (Å²) in [5.41, 5.74) is 3.11. The second-order valence-electron chi connectivity index (χ2n) is 8.88. The lowest BCUT2D eigenvalue weighted by molar-refractivity contribution is 0.0883. The molecule has 0 aromatic carbocycles. The molecule has 4 aromatic rings. The fraction of sp³-hybridized carbons (Fsp3) is 0.500. The Bertz CT molecular complexity index is 1240. The summed E-state index contributed by atoms with van der Waals surface area (Å²) in [6, 6.07) is 2.01. The number of aryl methyl sites for hydroxylation is 1. The van der Waals surface area contributed by atoms with Gasteiger partial charge in [-0.15, -0.1) is 11.3 Å². The van der Waals surface area contributed by atoms with Crippen LogP contribution in [0.4, 0.5) is 17.5 Å². The predicted octanol–water partition coefficient (Wildman–Crippen LogP) is 3.02. The minimum absolute atomic E-state index is 0.202. The van der Waals surface area contributed by atoms with E-state index >= 15 is 0 Å². The number of imidazole rings is 1. The lowest BCUT2D eigenvalue weighted by Gasteiger charge is -2.28. The second-order valence-corrected chi connectivity index (χ2v) is 9.72. The largest absolute Gasteiger partial charge is 0.391 e. The number of aromatic nitrogens is 5. The number of hydrogen-bond donors (Lipinski definition) is 3. The summed E-state index contributed by atoms with van der Waals surface area (Å²) < 4.78 is 4.00. The smallest absolute Gasteiger partial charge is 0.195 e. The Morgan fingerprint density at radius 3 is 2.97 bits per heavy atom. The Labute approximate surface area is 191 Å². The van der Waals surface area contributed by atoms with E-state index in [0.717, 1.165) is 46.6 Å². The van der Waals surface area contributed by atoms with E-state index in [1.165, 1.54) is 5.69 Å². The molecule has 5 heterocycles. The van der Waals surface area contributed by atoms with Gasteiger partial charge in [0.25, 0.3) is 0 Å². The van der Waals surface area contributed by atoms with Gasteiger partial charge in [0, 0.05) is 48.8 Å². The third kappa shape index (κ3) is 3.72. The van der Waals surface area contributed by atoms with Gasteiger partial charge in [0.15, 0.2) is 16.4 Å². The Morgan fingerprint density at radius 2 is 2.22 bits per heavy atom. The number of nitrogens with one attached hydrogen (secondary N) is 2. The molecule has 9 nitrogen and oxygen atoms in total. The Hall–Kier alpha value is -2.69. The third-order valence-corrected chi connectivity index (χ3v) is 7.26. The molecule has 1 aliphatic rings. The molecule has 2 atom stereocenters. The first kappa shape index (κ1) is 21.2. The number of piperidine rings is 1. The van der Waals surface area contributed by atoms with Crippen LogP contribution in [0.15, 0.2) is 23.8 Å². The monoisotopic (exact) mass is 454 g/mol. The molecular formula is C22H30N8OS. The van der Waals surface area contributed by atoms with Crippen LogP contribution >= 0.6 is 11.3 Å². The van der Waals surface area contributed by atoms with Crippen molar-refractivity contribution in [1.29, 1.82) is 0 Å². The molecule has 0 unspecified atom stereocenters. The first-order valence-electron chi connectivity index (χ1n) is 11.1. The standard InChI is InChI=1S/C22H30N8OS/c1-13(2)16-9-25-30-20(28(4)19-11-29-14(3)12-32-22(29)27-19)7-18(26-21(16)30)24-8-15-5-6-23-10-17(15)31/h7,9,11-13,15,17,23,31H,5-6,8,10H2,1-4H3,(H,24,26)/t15-,17+/m1/s1. The van der Waals surface area contributed by atoms with Crippen molar-refractivity contribution >= 4 is 39.4 Å². The molecule has 10 heteroatoms. The number of hydrogen-bond acceptors (Lipinski definition) is 8. The summed E-state index contributed by atoms with van der Waals surface area (Å²) >= 11 is 1.64. The highest BCUT2D eigenvalue weighted by molar-refractivity contribution is 7.15. The summed E-state index contributed by atoms with van der Waals surface area (Å²) in [7, 11) is 2.01. The van der Waals surface area contributed by atoms with E-state index in [1.54, 1.807) is 11.3 Å². The van der Waals surface area contributed by atoms with E-state index in [-0.39, 0.29) is 12.0 Å². The van der Waals surface area contributed by atoms with Gasteiger partial charge in [-0.05, 0) is 25.8 Å². The van der Waals surface area contributed by atoms with Crippen LogP contribution in [0.25, 0.3) is 10.6 Å². The Balaban J connectivity index is 1.52. The highest BCUT2D eigenvalue weighted by Gasteiger charge is 2.24. The topological polar surface area (TPSA) is 95.0 Å². The van der Waals surface area contributed by atoms with Crippen LogP contribution in [0.2, 0.25) is 0 Å². The summed E-state index contributed by atoms with van der Waals surface area (Å²) in [6.07, 6.45) is 4.56. The molecule has 0 radical (unpaired) electrons. The summed E-state index contributed by atoms with van der Waals surface area (Å²) in [5, 5.41) is 23.8. The minimum atomic E-state index is -0.343. The van der Waals surface area contributed by atoms with Crippen LogP contribution in [0, 0.1) is 12.8 Å². The van der Waals surface area contributed by atoms with E-state index in [9.17, 15) is 5.11 Å². The quantitative estimate of drug-likeness (QED) is 0.412. The van der Waals surface area contributed by atoms with Gasteiger partial charge in [0.1, 0.15) is 11.6 Å². The zero-order valence-corrected chi connectivity index (χ0v) is 19.7. The van der Waals surface area contributed by atoms with Crippen LogP contribution in [0.1, 0.15) is 37.4 Å². The second kappa shape index (κ2) is 8.34. The maximum absolute atomic E-state index is 10.3. The van der Waals surface area contributed by atoms with Crippen LogP contribution in [0.5, 0.6) is 0 Å². The van der Waals surface area contributed by atoms with Gasteiger partial charge in [0.05, 0.1) is 18.5 Å². The van der Waals surface area contributed by atoms with Crippen molar-refractivity contribution in [3.63, 3.8) is 0 Å². The van der Waals surface area contributed by atoms with Crippen molar-refractivity contribution in [2.75, 3.05) is 36.9 Å². The van der Waals surface area contributed by atoms with Crippen LogP contribution in [-0.4, -0.2) is 61.9 Å². The highest BCUT2D eigenvalue weighted by atomic mass is 32.1. The van der Waals surface area contributed by atoms with Gasteiger partial charge >= 0.3 is 0 Å². The van der Waals surface area contributed by atoms with Gasteiger partial charge in [0.2, 0.25) is 0 Å². The lowest BCUT2D eigenvalue weighted by atomic mass is 9.95. The van der Waals surface area contributed by atoms with Crippen molar-refractivity contribution in [3.8, 4) is 0 Å². The fourth-order valence-electron chi connectivity index (χ4n) is 4.23.